The molecule has 0 atom stereocenters. The maximum absolute atomic E-state index is 11.1. The van der Waals surface area contributed by atoms with Gasteiger partial charge in [0.15, 0.2) is 0 Å². The van der Waals surface area contributed by atoms with Crippen LogP contribution in [0.5, 0.6) is 0 Å². The van der Waals surface area contributed by atoms with Gasteiger partial charge in [0.1, 0.15) is 12.5 Å². The van der Waals surface area contributed by atoms with Gasteiger partial charge in [0, 0.05) is 5.56 Å². The van der Waals surface area contributed by atoms with Crippen LogP contribution in [0.1, 0.15) is 30.0 Å². The normalized spacial score (nSPS) is 8.76. The number of carbonyl (C=O) groups is 1. The van der Waals surface area contributed by atoms with Crippen molar-refractivity contribution in [3.05, 3.63) is 34.9 Å². The van der Waals surface area contributed by atoms with Gasteiger partial charge in [-0.15, -0.1) is 0 Å². The number of ether oxygens (including phenoxy) is 1. The molecule has 3 heteroatoms. The standard InChI is InChI=1S/C14H13NO2/c1-3-17-14(16)9-5-8-13-11(2)6-4-7-12(13)10-15/h4,6-7H,3,9H2,1-2H3. The van der Waals surface area contributed by atoms with Crippen molar-refractivity contribution in [2.45, 2.75) is 20.3 Å². The molecule has 0 aliphatic rings. The molecule has 0 aliphatic heterocycles. The zero-order valence-electron chi connectivity index (χ0n) is 9.91. The highest BCUT2D eigenvalue weighted by atomic mass is 16.5. The number of esters is 1. The average molecular weight is 227 g/mol. The Bertz CT molecular complexity index is 515. The van der Waals surface area contributed by atoms with E-state index in [9.17, 15) is 4.79 Å². The number of rotatable bonds is 2. The Balaban J connectivity index is 2.86. The Morgan fingerprint density at radius 1 is 1.47 bits per heavy atom. The Hall–Kier alpha value is -2.26. The summed E-state index contributed by atoms with van der Waals surface area (Å²) < 4.78 is 4.76. The highest BCUT2D eigenvalue weighted by molar-refractivity contribution is 5.72. The van der Waals surface area contributed by atoms with Crippen LogP contribution in [0, 0.1) is 30.1 Å². The van der Waals surface area contributed by atoms with E-state index in [0.29, 0.717) is 17.7 Å². The molecular weight excluding hydrogens is 214 g/mol. The Labute approximate surface area is 101 Å². The number of nitriles is 1. The molecule has 0 saturated carbocycles. The number of hydrogen-bond acceptors (Lipinski definition) is 3. The summed E-state index contributed by atoms with van der Waals surface area (Å²) in [5.74, 6) is 5.23. The number of benzene rings is 1. The minimum Gasteiger partial charge on any atom is -0.465 e. The maximum atomic E-state index is 11.1. The minimum absolute atomic E-state index is 0.0487. The summed E-state index contributed by atoms with van der Waals surface area (Å²) in [7, 11) is 0. The van der Waals surface area contributed by atoms with Crippen molar-refractivity contribution in [1.82, 2.24) is 0 Å². The fourth-order valence-corrected chi connectivity index (χ4v) is 1.34. The molecule has 1 rings (SSSR count). The first-order chi connectivity index (χ1) is 8.19. The van der Waals surface area contributed by atoms with Crippen LogP contribution in [0.2, 0.25) is 0 Å². The Morgan fingerprint density at radius 2 is 2.24 bits per heavy atom. The van der Waals surface area contributed by atoms with E-state index < -0.39 is 0 Å². The van der Waals surface area contributed by atoms with E-state index in [4.69, 9.17) is 10.00 Å². The fraction of sp³-hybridized carbons (Fsp3) is 0.286. The van der Waals surface area contributed by atoms with Crippen molar-refractivity contribution >= 4 is 5.97 Å². The first-order valence-electron chi connectivity index (χ1n) is 5.33. The summed E-state index contributed by atoms with van der Waals surface area (Å²) in [6.45, 7) is 3.99. The van der Waals surface area contributed by atoms with Gasteiger partial charge in [-0.1, -0.05) is 24.0 Å². The molecule has 86 valence electrons. The van der Waals surface area contributed by atoms with Crippen molar-refractivity contribution in [3.8, 4) is 17.9 Å². The number of aryl methyl sites for hydroxylation is 1. The Morgan fingerprint density at radius 3 is 2.88 bits per heavy atom. The summed E-state index contributed by atoms with van der Waals surface area (Å²) >= 11 is 0. The molecular formula is C14H13NO2. The van der Waals surface area contributed by atoms with E-state index in [0.717, 1.165) is 5.56 Å². The van der Waals surface area contributed by atoms with Crippen LogP contribution in [0.4, 0.5) is 0 Å². The molecule has 0 radical (unpaired) electrons. The van der Waals surface area contributed by atoms with Crippen LogP contribution in [0.15, 0.2) is 18.2 Å². The van der Waals surface area contributed by atoms with Gasteiger partial charge in [-0.25, -0.2) is 0 Å². The number of nitrogens with zero attached hydrogens (tertiary/aromatic N) is 1. The number of hydrogen-bond donors (Lipinski definition) is 0. The third-order valence-corrected chi connectivity index (χ3v) is 2.14. The third-order valence-electron chi connectivity index (χ3n) is 2.14. The van der Waals surface area contributed by atoms with Crippen LogP contribution >= 0.6 is 0 Å². The summed E-state index contributed by atoms with van der Waals surface area (Å²) in [4.78, 5) is 11.1. The monoisotopic (exact) mass is 227 g/mol. The van der Waals surface area contributed by atoms with Gasteiger partial charge in [0.05, 0.1) is 12.2 Å². The molecule has 3 nitrogen and oxygen atoms in total. The molecule has 1 aromatic carbocycles. The average Bonchev–Trinajstić information content (AvgIpc) is 2.31. The lowest BCUT2D eigenvalue weighted by Crippen LogP contribution is -2.01. The van der Waals surface area contributed by atoms with Gasteiger partial charge in [0.25, 0.3) is 0 Å². The van der Waals surface area contributed by atoms with E-state index in [1.54, 1.807) is 13.0 Å². The van der Waals surface area contributed by atoms with E-state index in [1.807, 2.05) is 19.1 Å². The lowest BCUT2D eigenvalue weighted by atomic mass is 10.0. The second-order valence-electron chi connectivity index (χ2n) is 3.39. The van der Waals surface area contributed by atoms with Gasteiger partial charge in [-0.3, -0.25) is 4.79 Å². The first-order valence-corrected chi connectivity index (χ1v) is 5.33. The fourth-order valence-electron chi connectivity index (χ4n) is 1.34. The van der Waals surface area contributed by atoms with Crippen LogP contribution < -0.4 is 0 Å². The first kappa shape index (κ1) is 12.8. The van der Waals surface area contributed by atoms with Gasteiger partial charge in [0.2, 0.25) is 0 Å². The molecule has 0 N–H and O–H groups in total. The predicted molar refractivity (Wildman–Crippen MR) is 64.0 cm³/mol. The van der Waals surface area contributed by atoms with Crippen molar-refractivity contribution in [3.63, 3.8) is 0 Å². The highest BCUT2D eigenvalue weighted by Crippen LogP contribution is 2.11. The Kier molecular flexibility index (Phi) is 4.78. The van der Waals surface area contributed by atoms with Crippen LogP contribution in [0.25, 0.3) is 0 Å². The topological polar surface area (TPSA) is 50.1 Å². The highest BCUT2D eigenvalue weighted by Gasteiger charge is 2.02. The summed E-state index contributed by atoms with van der Waals surface area (Å²) in [5.41, 5.74) is 2.14. The summed E-state index contributed by atoms with van der Waals surface area (Å²) in [5, 5.41) is 8.93. The van der Waals surface area contributed by atoms with Crippen LogP contribution in [-0.2, 0) is 9.53 Å². The van der Waals surface area contributed by atoms with Gasteiger partial charge >= 0.3 is 5.97 Å². The minimum atomic E-state index is -0.341. The number of carbonyl (C=O) groups excluding carboxylic acids is 1. The molecule has 0 heterocycles. The molecule has 0 spiro atoms. The van der Waals surface area contributed by atoms with Crippen molar-refractivity contribution in [2.75, 3.05) is 6.61 Å². The summed E-state index contributed by atoms with van der Waals surface area (Å²) in [6, 6.07) is 7.48. The molecule has 0 amide bonds. The SMILES string of the molecule is CCOC(=O)CC#Cc1c(C)cccc1C#N. The van der Waals surface area contributed by atoms with Gasteiger partial charge < -0.3 is 4.74 Å². The zero-order chi connectivity index (χ0) is 12.7. The van der Waals surface area contributed by atoms with Gasteiger partial charge in [-0.05, 0) is 25.5 Å². The molecule has 0 unspecified atom stereocenters. The van der Waals surface area contributed by atoms with E-state index in [1.165, 1.54) is 0 Å². The summed E-state index contributed by atoms with van der Waals surface area (Å²) in [6.07, 6.45) is 0.0487. The predicted octanol–water partition coefficient (Wildman–Crippen LogP) is 2.17. The van der Waals surface area contributed by atoms with Crippen molar-refractivity contribution < 1.29 is 9.53 Å². The molecule has 17 heavy (non-hydrogen) atoms. The molecule has 0 aliphatic carbocycles. The van der Waals surface area contributed by atoms with Crippen LogP contribution in [0.3, 0.4) is 0 Å². The largest absolute Gasteiger partial charge is 0.465 e. The second-order valence-corrected chi connectivity index (χ2v) is 3.39. The molecule has 0 aromatic heterocycles. The van der Waals surface area contributed by atoms with E-state index >= 15 is 0 Å². The quantitative estimate of drug-likeness (QED) is 0.574. The molecule has 0 saturated heterocycles. The van der Waals surface area contributed by atoms with Gasteiger partial charge in [-0.2, -0.15) is 5.26 Å². The maximum Gasteiger partial charge on any atom is 0.317 e. The lowest BCUT2D eigenvalue weighted by Gasteiger charge is -1.99. The van der Waals surface area contributed by atoms with Crippen LogP contribution in [-0.4, -0.2) is 12.6 Å². The smallest absolute Gasteiger partial charge is 0.317 e. The van der Waals surface area contributed by atoms with Crippen molar-refractivity contribution in [1.29, 1.82) is 5.26 Å². The van der Waals surface area contributed by atoms with E-state index in [2.05, 4.69) is 17.9 Å². The lowest BCUT2D eigenvalue weighted by molar-refractivity contribution is -0.141. The van der Waals surface area contributed by atoms with E-state index in [-0.39, 0.29) is 12.4 Å². The zero-order valence-corrected chi connectivity index (χ0v) is 9.91. The molecule has 1 aromatic rings. The molecule has 0 bridgehead atoms. The third kappa shape index (κ3) is 3.66. The molecule has 0 fully saturated rings. The second kappa shape index (κ2) is 6.35. The van der Waals surface area contributed by atoms with Crippen molar-refractivity contribution in [2.24, 2.45) is 0 Å².